The third-order valence-electron chi connectivity index (χ3n) is 3.28. The van der Waals surface area contributed by atoms with Crippen molar-refractivity contribution in [3.63, 3.8) is 0 Å². The van der Waals surface area contributed by atoms with Crippen LogP contribution in [0.3, 0.4) is 0 Å². The number of carbonyl (C=O) groups excluding carboxylic acids is 2. The van der Waals surface area contributed by atoms with Crippen LogP contribution in [0.4, 0.5) is 19.1 Å². The lowest BCUT2D eigenvalue weighted by atomic mass is 9.99. The van der Waals surface area contributed by atoms with Crippen molar-refractivity contribution in [1.29, 1.82) is 0 Å². The number of benzene rings is 1. The molecule has 2 N–H and O–H groups in total. The number of aromatic nitrogens is 3. The molecule has 0 unspecified atom stereocenters. The van der Waals surface area contributed by atoms with Gasteiger partial charge in [0.2, 0.25) is 17.7 Å². The van der Waals surface area contributed by atoms with Crippen molar-refractivity contribution in [2.45, 2.75) is 32.9 Å². The lowest BCUT2D eigenvalue weighted by Gasteiger charge is -2.06. The van der Waals surface area contributed by atoms with E-state index in [1.807, 2.05) is 19.1 Å². The van der Waals surface area contributed by atoms with Gasteiger partial charge in [-0.25, -0.2) is 0 Å². The van der Waals surface area contributed by atoms with Crippen LogP contribution in [0, 0.1) is 13.8 Å². The average molecular weight is 340 g/mol. The van der Waals surface area contributed by atoms with Crippen molar-refractivity contribution in [2.24, 2.45) is 0 Å². The van der Waals surface area contributed by atoms with Gasteiger partial charge in [-0.05, 0) is 25.5 Å². The Balaban J connectivity index is 1.92. The van der Waals surface area contributed by atoms with Gasteiger partial charge in [-0.15, -0.1) is 5.10 Å². The summed E-state index contributed by atoms with van der Waals surface area (Å²) in [4.78, 5) is 27.0. The van der Waals surface area contributed by atoms with Crippen molar-refractivity contribution >= 4 is 17.6 Å². The highest BCUT2D eigenvalue weighted by Gasteiger charge is 2.35. The number of Topliss-reactive ketones (excluding diaryl/α,β-unsaturated/α-hetero) is 1. The minimum Gasteiger partial charge on any atom is -0.294 e. The van der Waals surface area contributed by atoms with Gasteiger partial charge < -0.3 is 0 Å². The van der Waals surface area contributed by atoms with Gasteiger partial charge >= 0.3 is 6.18 Å². The molecule has 0 bridgehead atoms. The Morgan fingerprint density at radius 2 is 1.92 bits per heavy atom. The fraction of sp³-hybridized carbons (Fsp3) is 0.333. The second-order valence-electron chi connectivity index (χ2n) is 5.30. The lowest BCUT2D eigenvalue weighted by Crippen LogP contribution is -2.15. The molecule has 0 spiro atoms. The second kappa shape index (κ2) is 6.81. The van der Waals surface area contributed by atoms with Crippen molar-refractivity contribution in [3.05, 3.63) is 40.7 Å². The molecule has 0 aliphatic heterocycles. The number of hydrogen-bond acceptors (Lipinski definition) is 4. The molecule has 6 nitrogen and oxygen atoms in total. The van der Waals surface area contributed by atoms with Crippen molar-refractivity contribution < 1.29 is 22.8 Å². The fourth-order valence-electron chi connectivity index (χ4n) is 2.03. The second-order valence-corrected chi connectivity index (χ2v) is 5.30. The van der Waals surface area contributed by atoms with Gasteiger partial charge in [-0.1, -0.05) is 17.7 Å². The van der Waals surface area contributed by atoms with Gasteiger partial charge in [0.1, 0.15) is 0 Å². The minimum atomic E-state index is -4.67. The number of anilines is 1. The van der Waals surface area contributed by atoms with Crippen LogP contribution in [-0.4, -0.2) is 26.9 Å². The predicted molar refractivity (Wildman–Crippen MR) is 79.5 cm³/mol. The van der Waals surface area contributed by atoms with Gasteiger partial charge in [-0.2, -0.15) is 18.2 Å². The van der Waals surface area contributed by atoms with Crippen molar-refractivity contribution in [1.82, 2.24) is 15.2 Å². The summed E-state index contributed by atoms with van der Waals surface area (Å²) in [6.45, 7) is 3.64. The van der Waals surface area contributed by atoms with Crippen LogP contribution in [-0.2, 0) is 11.0 Å². The van der Waals surface area contributed by atoms with E-state index < -0.39 is 23.9 Å². The maximum atomic E-state index is 12.4. The van der Waals surface area contributed by atoms with E-state index in [4.69, 9.17) is 0 Å². The quantitative estimate of drug-likeness (QED) is 0.819. The number of H-pyrrole nitrogens is 1. The number of aromatic amines is 1. The third kappa shape index (κ3) is 4.40. The predicted octanol–water partition coefficient (Wildman–Crippen LogP) is 3.04. The molecule has 1 aromatic heterocycles. The zero-order valence-electron chi connectivity index (χ0n) is 13.0. The number of rotatable bonds is 5. The normalized spacial score (nSPS) is 11.4. The number of amides is 1. The molecule has 0 radical (unpaired) electrons. The maximum absolute atomic E-state index is 12.4. The Morgan fingerprint density at radius 1 is 1.21 bits per heavy atom. The van der Waals surface area contributed by atoms with E-state index in [1.54, 1.807) is 18.1 Å². The SMILES string of the molecule is Cc1ccc(C)c(C(=O)CCC(=O)Nc2n[nH]c(C(F)(F)F)n2)c1. The van der Waals surface area contributed by atoms with Gasteiger partial charge in [0.25, 0.3) is 0 Å². The van der Waals surface area contributed by atoms with Crippen LogP contribution in [0.1, 0.15) is 40.2 Å². The van der Waals surface area contributed by atoms with Crippen LogP contribution >= 0.6 is 0 Å². The lowest BCUT2D eigenvalue weighted by molar-refractivity contribution is -0.144. The molecule has 1 heterocycles. The average Bonchev–Trinajstić information content (AvgIpc) is 2.96. The van der Waals surface area contributed by atoms with Crippen LogP contribution in [0.15, 0.2) is 18.2 Å². The first-order valence-electron chi connectivity index (χ1n) is 7.06. The molecule has 0 atom stereocenters. The van der Waals surface area contributed by atoms with E-state index in [0.29, 0.717) is 5.56 Å². The standard InChI is InChI=1S/C15H15F3N4O2/c1-8-3-4-9(2)10(7-8)11(23)5-6-12(24)19-14-20-13(21-22-14)15(16,17)18/h3-4,7H,5-6H2,1-2H3,(H2,19,20,21,22,24). The number of halogens is 3. The molecule has 0 aliphatic rings. The third-order valence-corrected chi connectivity index (χ3v) is 3.28. The van der Waals surface area contributed by atoms with E-state index >= 15 is 0 Å². The van der Waals surface area contributed by atoms with E-state index in [1.165, 1.54) is 0 Å². The zero-order valence-corrected chi connectivity index (χ0v) is 13.0. The maximum Gasteiger partial charge on any atom is 0.451 e. The number of carbonyl (C=O) groups is 2. The molecule has 24 heavy (non-hydrogen) atoms. The molecule has 128 valence electrons. The molecular formula is C15H15F3N4O2. The molecular weight excluding hydrogens is 325 g/mol. The zero-order chi connectivity index (χ0) is 17.9. The minimum absolute atomic E-state index is 0.0628. The Labute approximate surface area is 135 Å². The molecule has 1 amide bonds. The van der Waals surface area contributed by atoms with Crippen LogP contribution in [0.2, 0.25) is 0 Å². The van der Waals surface area contributed by atoms with Crippen molar-refractivity contribution in [3.8, 4) is 0 Å². The Bertz CT molecular complexity index is 768. The first kappa shape index (κ1) is 17.6. The molecule has 0 fully saturated rings. The Morgan fingerprint density at radius 3 is 2.54 bits per heavy atom. The number of nitrogens with zero attached hydrogens (tertiary/aromatic N) is 2. The van der Waals surface area contributed by atoms with Crippen LogP contribution in [0.5, 0.6) is 0 Å². The largest absolute Gasteiger partial charge is 0.451 e. The van der Waals surface area contributed by atoms with Gasteiger partial charge in [0.05, 0.1) is 0 Å². The van der Waals surface area contributed by atoms with Crippen LogP contribution < -0.4 is 5.32 Å². The van der Waals surface area contributed by atoms with E-state index in [0.717, 1.165) is 11.1 Å². The molecule has 2 aromatic rings. The summed E-state index contributed by atoms with van der Waals surface area (Å²) in [5, 5.41) is 7.07. The van der Waals surface area contributed by atoms with Crippen molar-refractivity contribution in [2.75, 3.05) is 5.32 Å². The fourth-order valence-corrected chi connectivity index (χ4v) is 2.03. The number of alkyl halides is 3. The Kier molecular flexibility index (Phi) is 5.01. The highest BCUT2D eigenvalue weighted by molar-refractivity contribution is 6.00. The summed E-state index contributed by atoms with van der Waals surface area (Å²) in [5.41, 5.74) is 2.25. The summed E-state index contributed by atoms with van der Waals surface area (Å²) in [6.07, 6.45) is -4.91. The van der Waals surface area contributed by atoms with E-state index in [-0.39, 0.29) is 18.6 Å². The van der Waals surface area contributed by atoms with Gasteiger partial charge in [0, 0.05) is 18.4 Å². The monoisotopic (exact) mass is 340 g/mol. The highest BCUT2D eigenvalue weighted by Crippen LogP contribution is 2.26. The first-order valence-corrected chi connectivity index (χ1v) is 7.06. The van der Waals surface area contributed by atoms with E-state index in [2.05, 4.69) is 15.4 Å². The summed E-state index contributed by atoms with van der Waals surface area (Å²) < 4.78 is 37.1. The molecule has 0 saturated heterocycles. The van der Waals surface area contributed by atoms with E-state index in [9.17, 15) is 22.8 Å². The molecule has 0 saturated carbocycles. The first-order chi connectivity index (χ1) is 11.2. The molecule has 2 rings (SSSR count). The summed E-state index contributed by atoms with van der Waals surface area (Å²) >= 11 is 0. The summed E-state index contributed by atoms with van der Waals surface area (Å²) in [5.74, 6) is -2.63. The number of aryl methyl sites for hydroxylation is 2. The Hall–Kier alpha value is -2.71. The van der Waals surface area contributed by atoms with Gasteiger partial charge in [0.15, 0.2) is 5.78 Å². The molecule has 9 heteroatoms. The van der Waals surface area contributed by atoms with Gasteiger partial charge in [-0.3, -0.25) is 20.0 Å². The number of nitrogens with one attached hydrogen (secondary N) is 2. The smallest absolute Gasteiger partial charge is 0.294 e. The highest BCUT2D eigenvalue weighted by atomic mass is 19.4. The number of hydrogen-bond donors (Lipinski definition) is 2. The molecule has 0 aliphatic carbocycles. The topological polar surface area (TPSA) is 87.7 Å². The summed E-state index contributed by atoms with van der Waals surface area (Å²) in [6, 6.07) is 5.43. The van der Waals surface area contributed by atoms with Crippen LogP contribution in [0.25, 0.3) is 0 Å². The summed E-state index contributed by atoms with van der Waals surface area (Å²) in [7, 11) is 0. The number of ketones is 1. The molecule has 1 aromatic carbocycles.